The van der Waals surface area contributed by atoms with Crippen LogP contribution < -0.4 is 0 Å². The molecule has 3 fully saturated rings. The van der Waals surface area contributed by atoms with Gasteiger partial charge in [0.1, 0.15) is 0 Å². The van der Waals surface area contributed by atoms with Crippen molar-refractivity contribution in [3.8, 4) is 0 Å². The zero-order valence-electron chi connectivity index (χ0n) is 19.2. The van der Waals surface area contributed by atoms with Gasteiger partial charge < -0.3 is 15.3 Å². The molecule has 3 saturated carbocycles. The normalized spacial score (nSPS) is 39.2. The van der Waals surface area contributed by atoms with E-state index in [2.05, 4.69) is 39.2 Å². The van der Waals surface area contributed by atoms with Gasteiger partial charge in [0.2, 0.25) is 0 Å². The van der Waals surface area contributed by atoms with Crippen molar-refractivity contribution >= 4 is 0 Å². The van der Waals surface area contributed by atoms with Gasteiger partial charge in [-0.15, -0.1) is 6.58 Å². The zero-order valence-corrected chi connectivity index (χ0v) is 19.2. The average molecular weight is 415 g/mol. The smallest absolute Gasteiger partial charge is 0.0811 e. The van der Waals surface area contributed by atoms with Gasteiger partial charge >= 0.3 is 0 Å². The zero-order chi connectivity index (χ0) is 22.1. The van der Waals surface area contributed by atoms with E-state index in [1.165, 1.54) is 31.3 Å². The summed E-state index contributed by atoms with van der Waals surface area (Å²) in [6, 6.07) is 0. The molecule has 0 aromatic heterocycles. The topological polar surface area (TPSA) is 60.7 Å². The second-order valence-corrected chi connectivity index (χ2v) is 10.7. The van der Waals surface area contributed by atoms with E-state index in [1.54, 1.807) is 0 Å². The largest absolute Gasteiger partial charge is 0.393 e. The van der Waals surface area contributed by atoms with E-state index >= 15 is 0 Å². The van der Waals surface area contributed by atoms with Gasteiger partial charge in [-0.3, -0.25) is 0 Å². The minimum absolute atomic E-state index is 0.279. The lowest BCUT2D eigenvalue weighted by atomic mass is 9.60. The fraction of sp³-hybridized carbons (Fsp3) is 0.704. The molecule has 0 aromatic carbocycles. The first-order valence-electron chi connectivity index (χ1n) is 11.9. The van der Waals surface area contributed by atoms with Gasteiger partial charge in [0, 0.05) is 6.42 Å². The third-order valence-corrected chi connectivity index (χ3v) is 8.22. The Morgan fingerprint density at radius 2 is 2.00 bits per heavy atom. The lowest BCUT2D eigenvalue weighted by molar-refractivity contribution is 0.0641. The maximum atomic E-state index is 10.4. The van der Waals surface area contributed by atoms with Gasteiger partial charge in [-0.1, -0.05) is 43.7 Å². The minimum Gasteiger partial charge on any atom is -0.393 e. The van der Waals surface area contributed by atoms with Crippen molar-refractivity contribution in [1.29, 1.82) is 0 Å². The Balaban J connectivity index is 1.74. The second kappa shape index (κ2) is 9.54. The predicted octanol–water partition coefficient (Wildman–Crippen LogP) is 5.48. The molecule has 0 saturated heterocycles. The molecule has 0 unspecified atom stereocenters. The fourth-order valence-corrected chi connectivity index (χ4v) is 6.76. The molecule has 0 aromatic rings. The summed E-state index contributed by atoms with van der Waals surface area (Å²) in [6.45, 7) is 14.8. The van der Waals surface area contributed by atoms with Gasteiger partial charge in [0.25, 0.3) is 0 Å². The molecular formula is C27H42O3. The monoisotopic (exact) mass is 414 g/mol. The Labute approximate surface area is 183 Å². The molecule has 3 aliphatic rings. The van der Waals surface area contributed by atoms with Crippen molar-refractivity contribution in [2.24, 2.45) is 23.2 Å². The minimum atomic E-state index is -0.627. The molecule has 3 N–H and O–H groups in total. The van der Waals surface area contributed by atoms with Crippen LogP contribution in [-0.2, 0) is 0 Å². The molecule has 0 spiro atoms. The van der Waals surface area contributed by atoms with E-state index in [9.17, 15) is 15.3 Å². The van der Waals surface area contributed by atoms with Gasteiger partial charge in [0.05, 0.1) is 18.3 Å². The first-order chi connectivity index (χ1) is 14.1. The van der Waals surface area contributed by atoms with Crippen molar-refractivity contribution in [3.05, 3.63) is 47.6 Å². The molecule has 0 aliphatic heterocycles. The summed E-state index contributed by atoms with van der Waals surface area (Å²) in [5.74, 6) is 1.75. The molecule has 3 rings (SSSR count). The van der Waals surface area contributed by atoms with Gasteiger partial charge in [-0.05, 0) is 92.6 Å². The molecule has 0 amide bonds. The maximum Gasteiger partial charge on any atom is 0.0811 e. The standard InChI is InChI=1S/C27H42O3/c1-17(2)13-22(28)14-18(3)24-10-11-25-20(7-6-12-27(24,25)5)8-9-21-15-23(29)16-26(30)19(21)4/h8-9,18,22-26,28-30H,1,4,6-7,10-16H2,2-3,5H3/b20-8+,21-9+/t18-,22-,23-,24-,25+,26+,27-/m1/s1. The SMILES string of the molecule is C=C(C)C[C@@H](O)C[C@@H](C)[C@H]1CC[C@H]2/C(=C/C=C3\C[C@@H](O)C[C@H](O)C3=C)CCC[C@]12C. The highest BCUT2D eigenvalue weighted by molar-refractivity contribution is 5.38. The van der Waals surface area contributed by atoms with E-state index in [0.717, 1.165) is 29.6 Å². The molecule has 7 atom stereocenters. The lowest BCUT2D eigenvalue weighted by Gasteiger charge is -2.44. The van der Waals surface area contributed by atoms with Crippen LogP contribution in [0.1, 0.15) is 78.6 Å². The maximum absolute atomic E-state index is 10.4. The number of allylic oxidation sites excluding steroid dienone is 3. The van der Waals surface area contributed by atoms with Crippen molar-refractivity contribution in [2.45, 2.75) is 96.9 Å². The van der Waals surface area contributed by atoms with Crippen LogP contribution >= 0.6 is 0 Å². The van der Waals surface area contributed by atoms with Gasteiger partial charge in [-0.2, -0.15) is 0 Å². The third kappa shape index (κ3) is 5.00. The van der Waals surface area contributed by atoms with Crippen LogP contribution in [0, 0.1) is 23.2 Å². The number of aliphatic hydroxyl groups is 3. The predicted molar refractivity (Wildman–Crippen MR) is 124 cm³/mol. The quantitative estimate of drug-likeness (QED) is 0.504. The third-order valence-electron chi connectivity index (χ3n) is 8.22. The average Bonchev–Trinajstić information content (AvgIpc) is 3.00. The molecule has 0 heterocycles. The van der Waals surface area contributed by atoms with E-state index in [4.69, 9.17) is 0 Å². The number of aliphatic hydroxyl groups excluding tert-OH is 3. The molecule has 0 radical (unpaired) electrons. The van der Waals surface area contributed by atoms with Crippen LogP contribution in [0.4, 0.5) is 0 Å². The van der Waals surface area contributed by atoms with Crippen LogP contribution in [-0.4, -0.2) is 33.6 Å². The van der Waals surface area contributed by atoms with Gasteiger partial charge in [-0.25, -0.2) is 0 Å². The summed E-state index contributed by atoms with van der Waals surface area (Å²) in [5, 5.41) is 30.6. The summed E-state index contributed by atoms with van der Waals surface area (Å²) in [6.07, 6.45) is 11.6. The molecule has 0 bridgehead atoms. The summed E-state index contributed by atoms with van der Waals surface area (Å²) < 4.78 is 0. The molecule has 30 heavy (non-hydrogen) atoms. The van der Waals surface area contributed by atoms with E-state index in [0.29, 0.717) is 42.4 Å². The lowest BCUT2D eigenvalue weighted by Crippen LogP contribution is -2.36. The number of fused-ring (bicyclic) bond motifs is 1. The van der Waals surface area contributed by atoms with Crippen molar-refractivity contribution in [3.63, 3.8) is 0 Å². The molecular weight excluding hydrogens is 372 g/mol. The van der Waals surface area contributed by atoms with Crippen molar-refractivity contribution < 1.29 is 15.3 Å². The van der Waals surface area contributed by atoms with Crippen LogP contribution in [0.3, 0.4) is 0 Å². The van der Waals surface area contributed by atoms with Crippen LogP contribution in [0.25, 0.3) is 0 Å². The first-order valence-corrected chi connectivity index (χ1v) is 11.9. The number of rotatable bonds is 6. The Hall–Kier alpha value is -1.16. The molecule has 3 heteroatoms. The highest BCUT2D eigenvalue weighted by Gasteiger charge is 2.50. The Kier molecular flexibility index (Phi) is 7.48. The Morgan fingerprint density at radius 1 is 1.27 bits per heavy atom. The Bertz CT molecular complexity index is 718. The molecule has 168 valence electrons. The van der Waals surface area contributed by atoms with E-state index in [1.807, 2.05) is 6.92 Å². The summed E-state index contributed by atoms with van der Waals surface area (Å²) in [7, 11) is 0. The van der Waals surface area contributed by atoms with E-state index in [-0.39, 0.29) is 6.10 Å². The highest BCUT2D eigenvalue weighted by Crippen LogP contribution is 2.60. The molecule has 3 nitrogen and oxygen atoms in total. The fourth-order valence-electron chi connectivity index (χ4n) is 6.76. The Morgan fingerprint density at radius 3 is 2.70 bits per heavy atom. The van der Waals surface area contributed by atoms with Crippen LogP contribution in [0.2, 0.25) is 0 Å². The summed E-state index contributed by atoms with van der Waals surface area (Å²) in [5.41, 5.74) is 4.64. The molecule has 3 aliphatic carbocycles. The number of hydrogen-bond acceptors (Lipinski definition) is 3. The first kappa shape index (κ1) is 23.5. The van der Waals surface area contributed by atoms with Crippen molar-refractivity contribution in [1.82, 2.24) is 0 Å². The summed E-state index contributed by atoms with van der Waals surface area (Å²) >= 11 is 0. The number of hydrogen-bond donors (Lipinski definition) is 3. The summed E-state index contributed by atoms with van der Waals surface area (Å²) in [4.78, 5) is 0. The van der Waals surface area contributed by atoms with Gasteiger partial charge in [0.15, 0.2) is 0 Å². The van der Waals surface area contributed by atoms with Crippen LogP contribution in [0.15, 0.2) is 47.6 Å². The van der Waals surface area contributed by atoms with E-state index < -0.39 is 12.2 Å². The highest BCUT2D eigenvalue weighted by atomic mass is 16.3. The van der Waals surface area contributed by atoms with Crippen LogP contribution in [0.5, 0.6) is 0 Å². The second-order valence-electron chi connectivity index (χ2n) is 10.7. The van der Waals surface area contributed by atoms with Crippen molar-refractivity contribution in [2.75, 3.05) is 0 Å².